The molecule has 0 radical (unpaired) electrons. The number of carbonyl (C=O) groups excluding carboxylic acids is 1. The van der Waals surface area contributed by atoms with Crippen LogP contribution in [0.2, 0.25) is 0 Å². The van der Waals surface area contributed by atoms with E-state index in [9.17, 15) is 4.79 Å². The van der Waals surface area contributed by atoms with Crippen molar-refractivity contribution in [3.05, 3.63) is 42.0 Å². The summed E-state index contributed by atoms with van der Waals surface area (Å²) >= 11 is 0. The van der Waals surface area contributed by atoms with Crippen LogP contribution in [0.25, 0.3) is 0 Å². The van der Waals surface area contributed by atoms with E-state index in [1.54, 1.807) is 0 Å². The number of rotatable bonds is 4. The highest BCUT2D eigenvalue weighted by atomic mass is 16.5. The first-order valence-electron chi connectivity index (χ1n) is 4.70. The SMILES string of the molecule is C=C(C)CCOC(=O)c1ccc(O)cc1. The van der Waals surface area contributed by atoms with Gasteiger partial charge < -0.3 is 9.84 Å². The smallest absolute Gasteiger partial charge is 0.338 e. The summed E-state index contributed by atoms with van der Waals surface area (Å²) in [6.45, 7) is 5.94. The van der Waals surface area contributed by atoms with Gasteiger partial charge in [0.15, 0.2) is 0 Å². The molecule has 0 saturated heterocycles. The molecule has 1 aromatic carbocycles. The van der Waals surface area contributed by atoms with E-state index < -0.39 is 0 Å². The molecule has 0 aliphatic carbocycles. The number of ether oxygens (including phenoxy) is 1. The summed E-state index contributed by atoms with van der Waals surface area (Å²) in [5.41, 5.74) is 1.42. The molecule has 1 aromatic rings. The van der Waals surface area contributed by atoms with E-state index in [2.05, 4.69) is 6.58 Å². The molecule has 0 bridgehead atoms. The second-order valence-electron chi connectivity index (χ2n) is 3.39. The summed E-state index contributed by atoms with van der Waals surface area (Å²) in [5, 5.41) is 9.02. The lowest BCUT2D eigenvalue weighted by Crippen LogP contribution is -2.06. The molecule has 0 aliphatic rings. The molecule has 0 saturated carbocycles. The molecule has 0 aromatic heterocycles. The zero-order valence-corrected chi connectivity index (χ0v) is 8.69. The van der Waals surface area contributed by atoms with E-state index in [-0.39, 0.29) is 11.7 Å². The Bertz CT molecular complexity index is 352. The number of phenolic OH excluding ortho intramolecular Hbond substituents is 1. The number of benzene rings is 1. The summed E-state index contributed by atoms with van der Waals surface area (Å²) in [6, 6.07) is 5.96. The van der Waals surface area contributed by atoms with E-state index in [1.807, 2.05) is 6.92 Å². The van der Waals surface area contributed by atoms with Crippen LogP contribution in [0.5, 0.6) is 5.75 Å². The quantitative estimate of drug-likeness (QED) is 0.608. The average molecular weight is 206 g/mol. The van der Waals surface area contributed by atoms with Crippen LogP contribution in [-0.2, 0) is 4.74 Å². The Kier molecular flexibility index (Phi) is 3.92. The molecule has 15 heavy (non-hydrogen) atoms. The second-order valence-corrected chi connectivity index (χ2v) is 3.39. The van der Waals surface area contributed by atoms with Crippen molar-refractivity contribution in [3.8, 4) is 5.75 Å². The Labute approximate surface area is 89.0 Å². The monoisotopic (exact) mass is 206 g/mol. The first kappa shape index (κ1) is 11.3. The maximum absolute atomic E-state index is 11.4. The van der Waals surface area contributed by atoms with Gasteiger partial charge in [0.1, 0.15) is 5.75 Å². The molecule has 0 amide bonds. The fourth-order valence-corrected chi connectivity index (χ4v) is 0.999. The van der Waals surface area contributed by atoms with Crippen LogP contribution >= 0.6 is 0 Å². The molecule has 1 N–H and O–H groups in total. The van der Waals surface area contributed by atoms with Gasteiger partial charge in [-0.15, -0.1) is 6.58 Å². The lowest BCUT2D eigenvalue weighted by atomic mass is 10.2. The summed E-state index contributed by atoms with van der Waals surface area (Å²) in [6.07, 6.45) is 0.670. The summed E-state index contributed by atoms with van der Waals surface area (Å²) in [5.74, 6) is -0.246. The third kappa shape index (κ3) is 3.85. The molecule has 0 spiro atoms. The Morgan fingerprint density at radius 3 is 2.53 bits per heavy atom. The first-order valence-corrected chi connectivity index (χ1v) is 4.70. The van der Waals surface area contributed by atoms with E-state index in [0.717, 1.165) is 5.57 Å². The van der Waals surface area contributed by atoms with Crippen molar-refractivity contribution in [2.45, 2.75) is 13.3 Å². The van der Waals surface area contributed by atoms with Crippen molar-refractivity contribution in [3.63, 3.8) is 0 Å². The van der Waals surface area contributed by atoms with Crippen molar-refractivity contribution < 1.29 is 14.6 Å². The number of esters is 1. The Balaban J connectivity index is 2.47. The Morgan fingerprint density at radius 2 is 2.00 bits per heavy atom. The number of hydrogen-bond acceptors (Lipinski definition) is 3. The largest absolute Gasteiger partial charge is 0.508 e. The zero-order chi connectivity index (χ0) is 11.3. The van der Waals surface area contributed by atoms with Crippen molar-refractivity contribution in [2.24, 2.45) is 0 Å². The molecular formula is C12H14O3. The summed E-state index contributed by atoms with van der Waals surface area (Å²) in [7, 11) is 0. The van der Waals surface area contributed by atoms with Crippen LogP contribution in [0.4, 0.5) is 0 Å². The maximum Gasteiger partial charge on any atom is 0.338 e. The third-order valence-corrected chi connectivity index (χ3v) is 1.87. The minimum atomic E-state index is -0.378. The highest BCUT2D eigenvalue weighted by Crippen LogP contribution is 2.10. The number of carbonyl (C=O) groups is 1. The lowest BCUT2D eigenvalue weighted by molar-refractivity contribution is 0.0509. The van der Waals surface area contributed by atoms with Crippen LogP contribution < -0.4 is 0 Å². The second kappa shape index (κ2) is 5.20. The predicted octanol–water partition coefficient (Wildman–Crippen LogP) is 2.52. The summed E-state index contributed by atoms with van der Waals surface area (Å²) in [4.78, 5) is 11.4. The molecule has 0 fully saturated rings. The van der Waals surface area contributed by atoms with Gasteiger partial charge in [-0.1, -0.05) is 5.57 Å². The van der Waals surface area contributed by atoms with Crippen molar-refractivity contribution in [1.82, 2.24) is 0 Å². The number of hydrogen-bond donors (Lipinski definition) is 1. The first-order chi connectivity index (χ1) is 7.09. The normalized spacial score (nSPS) is 9.67. The summed E-state index contributed by atoms with van der Waals surface area (Å²) < 4.78 is 5.00. The molecule has 0 atom stereocenters. The molecule has 1 rings (SSSR count). The molecule has 0 heterocycles. The van der Waals surface area contributed by atoms with Gasteiger partial charge in [-0.2, -0.15) is 0 Å². The molecule has 80 valence electrons. The van der Waals surface area contributed by atoms with E-state index in [0.29, 0.717) is 18.6 Å². The minimum Gasteiger partial charge on any atom is -0.508 e. The van der Waals surface area contributed by atoms with E-state index >= 15 is 0 Å². The Morgan fingerprint density at radius 1 is 1.40 bits per heavy atom. The maximum atomic E-state index is 11.4. The van der Waals surface area contributed by atoms with Crippen molar-refractivity contribution in [1.29, 1.82) is 0 Å². The minimum absolute atomic E-state index is 0.133. The molecular weight excluding hydrogens is 192 g/mol. The van der Waals surface area contributed by atoms with Gasteiger partial charge in [-0.3, -0.25) is 0 Å². The van der Waals surface area contributed by atoms with Gasteiger partial charge in [0.05, 0.1) is 12.2 Å². The molecule has 0 unspecified atom stereocenters. The highest BCUT2D eigenvalue weighted by Gasteiger charge is 2.05. The van der Waals surface area contributed by atoms with Gasteiger partial charge in [-0.05, 0) is 31.2 Å². The number of aromatic hydroxyl groups is 1. The van der Waals surface area contributed by atoms with E-state index in [1.165, 1.54) is 24.3 Å². The fourth-order valence-electron chi connectivity index (χ4n) is 0.999. The fraction of sp³-hybridized carbons (Fsp3) is 0.250. The molecule has 3 heteroatoms. The third-order valence-electron chi connectivity index (χ3n) is 1.87. The van der Waals surface area contributed by atoms with Gasteiger partial charge in [0.2, 0.25) is 0 Å². The van der Waals surface area contributed by atoms with Crippen LogP contribution in [0.15, 0.2) is 36.4 Å². The van der Waals surface area contributed by atoms with Crippen LogP contribution in [0, 0.1) is 0 Å². The highest BCUT2D eigenvalue weighted by molar-refractivity contribution is 5.89. The van der Waals surface area contributed by atoms with Gasteiger partial charge in [-0.25, -0.2) is 4.79 Å². The average Bonchev–Trinajstić information content (AvgIpc) is 2.18. The lowest BCUT2D eigenvalue weighted by Gasteiger charge is -2.04. The van der Waals surface area contributed by atoms with Crippen molar-refractivity contribution >= 4 is 5.97 Å². The predicted molar refractivity (Wildman–Crippen MR) is 57.8 cm³/mol. The Hall–Kier alpha value is -1.77. The van der Waals surface area contributed by atoms with Gasteiger partial charge in [0.25, 0.3) is 0 Å². The van der Waals surface area contributed by atoms with Gasteiger partial charge in [0, 0.05) is 6.42 Å². The standard InChI is InChI=1S/C12H14O3/c1-9(2)7-8-15-12(14)10-3-5-11(13)6-4-10/h3-6,13H,1,7-8H2,2H3. The zero-order valence-electron chi connectivity index (χ0n) is 8.69. The van der Waals surface area contributed by atoms with Crippen LogP contribution in [-0.4, -0.2) is 17.7 Å². The van der Waals surface area contributed by atoms with Crippen molar-refractivity contribution in [2.75, 3.05) is 6.61 Å². The van der Waals surface area contributed by atoms with Gasteiger partial charge >= 0.3 is 5.97 Å². The molecule has 0 aliphatic heterocycles. The van der Waals surface area contributed by atoms with Crippen LogP contribution in [0.1, 0.15) is 23.7 Å². The topological polar surface area (TPSA) is 46.5 Å². The van der Waals surface area contributed by atoms with E-state index in [4.69, 9.17) is 9.84 Å². The van der Waals surface area contributed by atoms with Crippen LogP contribution in [0.3, 0.4) is 0 Å². The number of phenols is 1. The molecule has 3 nitrogen and oxygen atoms in total.